The molecule has 0 saturated heterocycles. The Hall–Kier alpha value is 0. The molecule has 0 spiro atoms. The smallest absolute Gasteiger partial charge is 0.0414 e. The highest BCUT2D eigenvalue weighted by Gasteiger charge is 2.11. The topological polar surface area (TPSA) is 0 Å². The maximum atomic E-state index is 2.35. The Balaban J connectivity index is 3.70. The summed E-state index contributed by atoms with van der Waals surface area (Å²) in [7, 11) is 0. The molecular weight excluding hydrogens is 168 g/mol. The Morgan fingerprint density at radius 3 is 1.50 bits per heavy atom. The Kier molecular flexibility index (Phi) is 8.32. The van der Waals surface area contributed by atoms with E-state index in [0.717, 1.165) is 17.8 Å². The van der Waals surface area contributed by atoms with Gasteiger partial charge in [-0.1, -0.05) is 66.7 Å². The molecule has 0 aliphatic carbocycles. The van der Waals surface area contributed by atoms with Gasteiger partial charge in [-0.05, 0) is 24.2 Å². The average molecular weight is 198 g/mol. The summed E-state index contributed by atoms with van der Waals surface area (Å²) < 4.78 is 0. The Morgan fingerprint density at radius 1 is 0.714 bits per heavy atom. The third kappa shape index (κ3) is 6.45. The third-order valence-corrected chi connectivity index (χ3v) is 3.52. The van der Waals surface area contributed by atoms with Crippen LogP contribution in [-0.2, 0) is 0 Å². The maximum Gasteiger partial charge on any atom is -0.0414 e. The first kappa shape index (κ1) is 14.0. The van der Waals surface area contributed by atoms with E-state index in [2.05, 4.69) is 34.6 Å². The van der Waals surface area contributed by atoms with E-state index in [1.807, 2.05) is 0 Å². The Labute approximate surface area is 91.5 Å². The zero-order chi connectivity index (χ0) is 11.0. The predicted molar refractivity (Wildman–Crippen MR) is 66.5 cm³/mol. The van der Waals surface area contributed by atoms with Crippen molar-refractivity contribution < 1.29 is 0 Å². The molecule has 0 aromatic rings. The van der Waals surface area contributed by atoms with Crippen LogP contribution >= 0.6 is 0 Å². The van der Waals surface area contributed by atoms with Crippen molar-refractivity contribution in [2.75, 3.05) is 0 Å². The molecule has 0 radical (unpaired) electrons. The number of rotatable bonds is 8. The van der Waals surface area contributed by atoms with E-state index in [-0.39, 0.29) is 0 Å². The molecule has 1 atom stereocenters. The van der Waals surface area contributed by atoms with E-state index >= 15 is 0 Å². The minimum absolute atomic E-state index is 0.877. The van der Waals surface area contributed by atoms with Gasteiger partial charge in [0.1, 0.15) is 0 Å². The first-order valence-electron chi connectivity index (χ1n) is 6.63. The number of hydrogen-bond acceptors (Lipinski definition) is 0. The van der Waals surface area contributed by atoms with Crippen LogP contribution in [0.5, 0.6) is 0 Å². The van der Waals surface area contributed by atoms with Crippen LogP contribution in [0.3, 0.4) is 0 Å². The van der Waals surface area contributed by atoms with Crippen LogP contribution in [0.25, 0.3) is 0 Å². The number of hydrogen-bond donors (Lipinski definition) is 0. The molecule has 0 saturated carbocycles. The molecule has 0 amide bonds. The molecule has 1 unspecified atom stereocenters. The Morgan fingerprint density at radius 2 is 1.14 bits per heavy atom. The predicted octanol–water partition coefficient (Wildman–Crippen LogP) is 5.28. The van der Waals surface area contributed by atoms with E-state index in [1.54, 1.807) is 0 Å². The molecule has 0 nitrogen and oxygen atoms in total. The van der Waals surface area contributed by atoms with Crippen molar-refractivity contribution >= 4 is 0 Å². The summed E-state index contributed by atoms with van der Waals surface area (Å²) in [5.41, 5.74) is 0. The van der Waals surface area contributed by atoms with Crippen LogP contribution in [0, 0.1) is 17.8 Å². The molecule has 0 fully saturated rings. The molecule has 0 aliphatic heterocycles. The van der Waals surface area contributed by atoms with Crippen molar-refractivity contribution in [1.29, 1.82) is 0 Å². The second-order valence-electron chi connectivity index (χ2n) is 5.16. The zero-order valence-corrected chi connectivity index (χ0v) is 11.0. The van der Waals surface area contributed by atoms with Crippen molar-refractivity contribution in [3.63, 3.8) is 0 Å². The van der Waals surface area contributed by atoms with Crippen LogP contribution in [-0.4, -0.2) is 0 Å². The van der Waals surface area contributed by atoms with Gasteiger partial charge in [-0.15, -0.1) is 0 Å². The Bertz CT molecular complexity index is 111. The van der Waals surface area contributed by atoms with E-state index in [9.17, 15) is 0 Å². The average Bonchev–Trinajstić information content (AvgIpc) is 2.17. The summed E-state index contributed by atoms with van der Waals surface area (Å²) in [6.45, 7) is 11.7. The zero-order valence-electron chi connectivity index (χ0n) is 11.0. The molecule has 0 aliphatic rings. The largest absolute Gasteiger partial charge is 0.0651 e. The van der Waals surface area contributed by atoms with E-state index in [4.69, 9.17) is 0 Å². The van der Waals surface area contributed by atoms with Crippen LogP contribution in [0.1, 0.15) is 73.1 Å². The normalized spacial score (nSPS) is 13.9. The van der Waals surface area contributed by atoms with Crippen molar-refractivity contribution in [3.05, 3.63) is 0 Å². The summed E-state index contributed by atoms with van der Waals surface area (Å²) in [4.78, 5) is 0. The van der Waals surface area contributed by atoms with Crippen LogP contribution in [0.2, 0.25) is 0 Å². The van der Waals surface area contributed by atoms with Crippen molar-refractivity contribution in [3.8, 4) is 0 Å². The molecule has 0 aromatic carbocycles. The van der Waals surface area contributed by atoms with Gasteiger partial charge in [-0.25, -0.2) is 0 Å². The summed E-state index contributed by atoms with van der Waals surface area (Å²) in [6.07, 6.45) is 8.46. The monoisotopic (exact) mass is 198 g/mol. The van der Waals surface area contributed by atoms with Crippen LogP contribution in [0.4, 0.5) is 0 Å². The SMILES string of the molecule is CCC(CC)CCC(CC)CC(C)C. The first-order valence-corrected chi connectivity index (χ1v) is 6.63. The van der Waals surface area contributed by atoms with Gasteiger partial charge in [-0.3, -0.25) is 0 Å². The summed E-state index contributed by atoms with van der Waals surface area (Å²) in [5.74, 6) is 2.84. The molecule has 14 heavy (non-hydrogen) atoms. The van der Waals surface area contributed by atoms with E-state index in [0.29, 0.717) is 0 Å². The molecule has 0 rings (SSSR count). The second kappa shape index (κ2) is 8.32. The highest BCUT2D eigenvalue weighted by Crippen LogP contribution is 2.24. The molecule has 0 heteroatoms. The second-order valence-corrected chi connectivity index (χ2v) is 5.16. The van der Waals surface area contributed by atoms with Gasteiger partial charge < -0.3 is 0 Å². The lowest BCUT2D eigenvalue weighted by atomic mass is 9.86. The van der Waals surface area contributed by atoms with Crippen LogP contribution in [0.15, 0.2) is 0 Å². The lowest BCUT2D eigenvalue weighted by molar-refractivity contribution is 0.326. The van der Waals surface area contributed by atoms with E-state index in [1.165, 1.54) is 38.5 Å². The molecular formula is C14H30. The first-order chi connectivity index (χ1) is 6.63. The molecule has 0 heterocycles. The molecule has 86 valence electrons. The highest BCUT2D eigenvalue weighted by atomic mass is 14.2. The van der Waals surface area contributed by atoms with Crippen molar-refractivity contribution in [1.82, 2.24) is 0 Å². The minimum atomic E-state index is 0.877. The minimum Gasteiger partial charge on any atom is -0.0651 e. The lowest BCUT2D eigenvalue weighted by Gasteiger charge is -2.20. The third-order valence-electron chi connectivity index (χ3n) is 3.52. The van der Waals surface area contributed by atoms with Gasteiger partial charge in [0, 0.05) is 0 Å². The fraction of sp³-hybridized carbons (Fsp3) is 1.00. The molecule has 0 N–H and O–H groups in total. The van der Waals surface area contributed by atoms with Gasteiger partial charge in [0.15, 0.2) is 0 Å². The summed E-state index contributed by atoms with van der Waals surface area (Å²) in [5, 5.41) is 0. The summed E-state index contributed by atoms with van der Waals surface area (Å²) in [6, 6.07) is 0. The van der Waals surface area contributed by atoms with Gasteiger partial charge >= 0.3 is 0 Å². The molecule has 0 aromatic heterocycles. The van der Waals surface area contributed by atoms with E-state index < -0.39 is 0 Å². The van der Waals surface area contributed by atoms with Gasteiger partial charge in [0.05, 0.1) is 0 Å². The fourth-order valence-corrected chi connectivity index (χ4v) is 2.32. The van der Waals surface area contributed by atoms with Gasteiger partial charge in [0.25, 0.3) is 0 Å². The van der Waals surface area contributed by atoms with Gasteiger partial charge in [0.2, 0.25) is 0 Å². The lowest BCUT2D eigenvalue weighted by Crippen LogP contribution is -2.06. The van der Waals surface area contributed by atoms with Crippen molar-refractivity contribution in [2.24, 2.45) is 17.8 Å². The maximum absolute atomic E-state index is 2.35. The van der Waals surface area contributed by atoms with Crippen LogP contribution < -0.4 is 0 Å². The fourth-order valence-electron chi connectivity index (χ4n) is 2.32. The summed E-state index contributed by atoms with van der Waals surface area (Å²) >= 11 is 0. The van der Waals surface area contributed by atoms with Crippen molar-refractivity contribution in [2.45, 2.75) is 73.1 Å². The quantitative estimate of drug-likeness (QED) is 0.498. The molecule has 0 bridgehead atoms. The van der Waals surface area contributed by atoms with Gasteiger partial charge in [-0.2, -0.15) is 0 Å². The standard InChI is InChI=1S/C14H30/c1-6-13(7-2)9-10-14(8-3)11-12(4)5/h12-14H,6-11H2,1-5H3. The highest BCUT2D eigenvalue weighted by molar-refractivity contribution is 4.63.